The first-order valence-corrected chi connectivity index (χ1v) is 10.3. The van der Waals surface area contributed by atoms with Crippen molar-refractivity contribution < 1.29 is 37.4 Å². The van der Waals surface area contributed by atoms with Gasteiger partial charge in [0.05, 0.1) is 12.3 Å². The summed E-state index contributed by atoms with van der Waals surface area (Å²) in [6.07, 6.45) is 0.633. The maximum Gasteiger partial charge on any atom is 0.265 e. The molecule has 1 aliphatic heterocycles. The van der Waals surface area contributed by atoms with Gasteiger partial charge in [0.1, 0.15) is 11.6 Å². The molecule has 2 amide bonds. The van der Waals surface area contributed by atoms with Crippen LogP contribution in [0.25, 0.3) is 0 Å². The highest BCUT2D eigenvalue weighted by Crippen LogP contribution is 2.33. The van der Waals surface area contributed by atoms with Crippen molar-refractivity contribution in [3.63, 3.8) is 0 Å². The number of ether oxygens (including phenoxy) is 3. The van der Waals surface area contributed by atoms with Gasteiger partial charge in [-0.15, -0.1) is 0 Å². The number of nitrogens with one attached hydrogen (secondary N) is 1. The van der Waals surface area contributed by atoms with E-state index in [1.54, 1.807) is 13.2 Å². The number of carbonyl (C=O) groups is 3. The van der Waals surface area contributed by atoms with Crippen molar-refractivity contribution in [2.24, 2.45) is 0 Å². The lowest BCUT2D eigenvalue weighted by Gasteiger charge is -2.29. The van der Waals surface area contributed by atoms with E-state index in [1.165, 1.54) is 17.0 Å². The molecule has 0 saturated carbocycles. The first kappa shape index (κ1) is 24.1. The van der Waals surface area contributed by atoms with Crippen molar-refractivity contribution in [3.05, 3.63) is 53.6 Å². The highest BCUT2D eigenvalue weighted by atomic mass is 19.1. The van der Waals surface area contributed by atoms with Crippen molar-refractivity contribution in [2.75, 3.05) is 44.9 Å². The lowest BCUT2D eigenvalue weighted by atomic mass is 10.1. The summed E-state index contributed by atoms with van der Waals surface area (Å²) in [4.78, 5) is 38.3. The summed E-state index contributed by atoms with van der Waals surface area (Å²) in [7, 11) is 1.54. The van der Waals surface area contributed by atoms with Crippen LogP contribution < -0.4 is 19.7 Å². The third kappa shape index (κ3) is 6.48. The maximum absolute atomic E-state index is 13.7. The number of Topliss-reactive ketones (excluding diaryl/α,β-unsaturated/α-hetero) is 1. The Hall–Kier alpha value is -3.53. The number of carbonyl (C=O) groups excluding carboxylic acids is 3. The zero-order valence-corrected chi connectivity index (χ0v) is 18.1. The van der Waals surface area contributed by atoms with Gasteiger partial charge in [-0.05, 0) is 36.8 Å². The Morgan fingerprint density at radius 2 is 2.00 bits per heavy atom. The first-order valence-electron chi connectivity index (χ1n) is 10.3. The maximum atomic E-state index is 13.7. The van der Waals surface area contributed by atoms with Gasteiger partial charge in [-0.1, -0.05) is 0 Å². The van der Waals surface area contributed by atoms with Gasteiger partial charge in [-0.3, -0.25) is 14.4 Å². The average molecular weight is 462 g/mol. The molecule has 176 valence electrons. The second-order valence-corrected chi connectivity index (χ2v) is 7.25. The van der Waals surface area contributed by atoms with Gasteiger partial charge in [0.15, 0.2) is 30.6 Å². The molecule has 0 radical (unpaired) electrons. The monoisotopic (exact) mass is 462 g/mol. The predicted molar refractivity (Wildman–Crippen MR) is 115 cm³/mol. The Morgan fingerprint density at radius 3 is 2.76 bits per heavy atom. The smallest absolute Gasteiger partial charge is 0.265 e. The summed E-state index contributed by atoms with van der Waals surface area (Å²) in [5, 5.41) is 2.71. The van der Waals surface area contributed by atoms with Gasteiger partial charge in [-0.25, -0.2) is 8.78 Å². The molecule has 0 aliphatic carbocycles. The molecule has 2 aromatic rings. The van der Waals surface area contributed by atoms with Crippen LogP contribution in [0.1, 0.15) is 23.2 Å². The van der Waals surface area contributed by atoms with E-state index in [2.05, 4.69) is 5.32 Å². The number of anilines is 1. The predicted octanol–water partition coefficient (Wildman–Crippen LogP) is 2.49. The molecular formula is C23H24F2N2O6. The molecule has 3 rings (SSSR count). The van der Waals surface area contributed by atoms with E-state index in [9.17, 15) is 23.2 Å². The van der Waals surface area contributed by atoms with Crippen LogP contribution in [-0.4, -0.2) is 57.6 Å². The molecule has 1 aliphatic rings. The molecule has 0 spiro atoms. The molecule has 0 aromatic heterocycles. The second-order valence-electron chi connectivity index (χ2n) is 7.25. The average Bonchev–Trinajstić information content (AvgIpc) is 2.79. The molecule has 0 bridgehead atoms. The van der Waals surface area contributed by atoms with Gasteiger partial charge in [0, 0.05) is 38.2 Å². The number of methoxy groups -OCH3 is 1. The van der Waals surface area contributed by atoms with E-state index >= 15 is 0 Å². The molecule has 8 nitrogen and oxygen atoms in total. The molecule has 1 N–H and O–H groups in total. The van der Waals surface area contributed by atoms with Crippen LogP contribution in [-0.2, 0) is 14.3 Å². The molecular weight excluding hydrogens is 438 g/mol. The number of amides is 2. The largest absolute Gasteiger partial charge is 0.482 e. The lowest BCUT2D eigenvalue weighted by Crippen LogP contribution is -2.40. The summed E-state index contributed by atoms with van der Waals surface area (Å²) < 4.78 is 42.2. The Bertz CT molecular complexity index is 1030. The number of hydrogen-bond donors (Lipinski definition) is 1. The van der Waals surface area contributed by atoms with Crippen LogP contribution in [0.15, 0.2) is 36.4 Å². The number of benzene rings is 2. The van der Waals surface area contributed by atoms with Gasteiger partial charge in [-0.2, -0.15) is 0 Å². The first-order chi connectivity index (χ1) is 15.9. The molecule has 0 saturated heterocycles. The Balaban J connectivity index is 1.63. The van der Waals surface area contributed by atoms with E-state index in [4.69, 9.17) is 14.2 Å². The van der Waals surface area contributed by atoms with Crippen molar-refractivity contribution in [1.29, 1.82) is 0 Å². The van der Waals surface area contributed by atoms with Crippen LogP contribution >= 0.6 is 0 Å². The quantitative estimate of drug-likeness (QED) is 0.407. The van der Waals surface area contributed by atoms with Crippen LogP contribution in [0, 0.1) is 11.6 Å². The van der Waals surface area contributed by atoms with E-state index in [0.717, 1.165) is 12.1 Å². The second kappa shape index (κ2) is 11.4. The summed E-state index contributed by atoms with van der Waals surface area (Å²) in [5.74, 6) is -2.38. The highest BCUT2D eigenvalue weighted by Gasteiger charge is 2.26. The minimum atomic E-state index is -0.912. The Kier molecular flexibility index (Phi) is 8.31. The molecule has 0 atom stereocenters. The standard InChI is InChI=1S/C23H24F2N2O6/c1-31-10-8-26-22(29)3-2-9-27-18-11-15(4-6-21(18)33-14-23(27)30)19(28)13-32-20-7-5-16(24)12-17(20)25/h4-7,11-12H,2-3,8-10,13-14H2,1H3,(H,26,29). The zero-order chi connectivity index (χ0) is 23.8. The van der Waals surface area contributed by atoms with E-state index in [1.807, 2.05) is 0 Å². The van der Waals surface area contributed by atoms with Crippen LogP contribution in [0.3, 0.4) is 0 Å². The molecule has 0 unspecified atom stereocenters. The number of nitrogens with zero attached hydrogens (tertiary/aromatic N) is 1. The van der Waals surface area contributed by atoms with E-state index in [-0.39, 0.29) is 42.7 Å². The fourth-order valence-corrected chi connectivity index (χ4v) is 3.22. The molecule has 10 heteroatoms. The normalized spacial score (nSPS) is 12.7. The van der Waals surface area contributed by atoms with Crippen LogP contribution in [0.2, 0.25) is 0 Å². The number of fused-ring (bicyclic) bond motifs is 1. The number of rotatable bonds is 11. The zero-order valence-electron chi connectivity index (χ0n) is 18.1. The lowest BCUT2D eigenvalue weighted by molar-refractivity contribution is -0.123. The summed E-state index contributed by atoms with van der Waals surface area (Å²) in [5.41, 5.74) is 0.640. The molecule has 0 fully saturated rings. The van der Waals surface area contributed by atoms with E-state index in [0.29, 0.717) is 37.1 Å². The van der Waals surface area contributed by atoms with Crippen molar-refractivity contribution in [1.82, 2.24) is 5.32 Å². The summed E-state index contributed by atoms with van der Waals surface area (Å²) >= 11 is 0. The third-order valence-electron chi connectivity index (χ3n) is 4.89. The highest BCUT2D eigenvalue weighted by molar-refractivity contribution is 6.02. The van der Waals surface area contributed by atoms with Crippen molar-refractivity contribution in [3.8, 4) is 11.5 Å². The van der Waals surface area contributed by atoms with Gasteiger partial charge in [0.25, 0.3) is 5.91 Å². The number of hydrogen-bond acceptors (Lipinski definition) is 6. The third-order valence-corrected chi connectivity index (χ3v) is 4.89. The fraction of sp³-hybridized carbons (Fsp3) is 0.348. The Morgan fingerprint density at radius 1 is 1.18 bits per heavy atom. The van der Waals surface area contributed by atoms with Gasteiger partial charge in [0.2, 0.25) is 5.91 Å². The minimum Gasteiger partial charge on any atom is -0.482 e. The van der Waals surface area contributed by atoms with Crippen LogP contribution in [0.4, 0.5) is 14.5 Å². The SMILES string of the molecule is COCCNC(=O)CCCN1C(=O)COc2ccc(C(=O)COc3ccc(F)cc3F)cc21. The molecule has 1 heterocycles. The Labute approximate surface area is 189 Å². The van der Waals surface area contributed by atoms with E-state index < -0.39 is 24.0 Å². The van der Waals surface area contributed by atoms with Gasteiger partial charge < -0.3 is 24.4 Å². The molecule has 33 heavy (non-hydrogen) atoms. The van der Waals surface area contributed by atoms with Crippen LogP contribution in [0.5, 0.6) is 11.5 Å². The summed E-state index contributed by atoms with van der Waals surface area (Å²) in [6, 6.07) is 7.38. The van der Waals surface area contributed by atoms with Crippen molar-refractivity contribution >= 4 is 23.3 Å². The number of halogens is 2. The fourth-order valence-electron chi connectivity index (χ4n) is 3.22. The van der Waals surface area contributed by atoms with Crippen molar-refractivity contribution in [2.45, 2.75) is 12.8 Å². The number of ketones is 1. The van der Waals surface area contributed by atoms with Gasteiger partial charge >= 0.3 is 0 Å². The topological polar surface area (TPSA) is 94.2 Å². The minimum absolute atomic E-state index is 0.146. The molecule has 2 aromatic carbocycles. The summed E-state index contributed by atoms with van der Waals surface area (Å²) in [6.45, 7) is 0.465.